The van der Waals surface area contributed by atoms with Crippen molar-refractivity contribution in [3.63, 3.8) is 0 Å². The minimum atomic E-state index is -0.541. The Morgan fingerprint density at radius 3 is 2.71 bits per heavy atom. The average Bonchev–Trinajstić information content (AvgIpc) is 3.01. The van der Waals surface area contributed by atoms with E-state index in [1.54, 1.807) is 24.3 Å². The molecule has 0 saturated heterocycles. The molecule has 4 rings (SSSR count). The number of hydrogen-bond acceptors (Lipinski definition) is 5. The summed E-state index contributed by atoms with van der Waals surface area (Å²) in [5.74, 6) is -0.480. The van der Waals surface area contributed by atoms with Gasteiger partial charge in [-0.1, -0.05) is 25.1 Å². The van der Waals surface area contributed by atoms with Gasteiger partial charge in [-0.2, -0.15) is 5.10 Å². The van der Waals surface area contributed by atoms with Crippen molar-refractivity contribution >= 4 is 38.9 Å². The Kier molecular flexibility index (Phi) is 4.50. The van der Waals surface area contributed by atoms with E-state index in [0.717, 1.165) is 34.4 Å². The Bertz CT molecular complexity index is 1180. The number of carbonyl (C=O) groups is 2. The Labute approximate surface area is 165 Å². The molecule has 144 valence electrons. The lowest BCUT2D eigenvalue weighted by atomic mass is 9.88. The first-order valence-corrected chi connectivity index (χ1v) is 9.90. The van der Waals surface area contributed by atoms with E-state index in [9.17, 15) is 14.4 Å². The summed E-state index contributed by atoms with van der Waals surface area (Å²) in [4.78, 5) is 38.5. The molecule has 0 unspecified atom stereocenters. The molecule has 3 N–H and O–H groups in total. The van der Waals surface area contributed by atoms with Gasteiger partial charge in [0.15, 0.2) is 5.69 Å². The first-order chi connectivity index (χ1) is 13.4. The van der Waals surface area contributed by atoms with Crippen molar-refractivity contribution in [1.29, 1.82) is 0 Å². The van der Waals surface area contributed by atoms with Crippen molar-refractivity contribution < 1.29 is 9.59 Å². The van der Waals surface area contributed by atoms with Gasteiger partial charge in [0.1, 0.15) is 5.00 Å². The number of amides is 2. The maximum absolute atomic E-state index is 13.0. The molecule has 0 aliphatic heterocycles. The van der Waals surface area contributed by atoms with Crippen molar-refractivity contribution in [2.45, 2.75) is 26.2 Å². The summed E-state index contributed by atoms with van der Waals surface area (Å²) in [5, 5.41) is 8.31. The molecule has 2 aromatic heterocycles. The molecule has 1 atom stereocenters. The Balaban J connectivity index is 1.78. The molecule has 0 bridgehead atoms. The Morgan fingerprint density at radius 1 is 1.29 bits per heavy atom. The van der Waals surface area contributed by atoms with Crippen LogP contribution in [-0.4, -0.2) is 21.6 Å². The van der Waals surface area contributed by atoms with Crippen LogP contribution in [-0.2, 0) is 19.9 Å². The lowest BCUT2D eigenvalue weighted by Gasteiger charge is -2.18. The van der Waals surface area contributed by atoms with Crippen LogP contribution < -0.4 is 16.6 Å². The monoisotopic (exact) mass is 396 g/mol. The van der Waals surface area contributed by atoms with Gasteiger partial charge in [-0.05, 0) is 36.8 Å². The third-order valence-corrected chi connectivity index (χ3v) is 6.33. The molecule has 7 nitrogen and oxygen atoms in total. The number of nitrogens with zero attached hydrogens (tertiary/aromatic N) is 2. The number of hydrogen-bond donors (Lipinski definition) is 2. The summed E-state index contributed by atoms with van der Waals surface area (Å²) in [6.45, 7) is 2.17. The normalized spacial score (nSPS) is 16.0. The lowest BCUT2D eigenvalue weighted by molar-refractivity contribution is 0.1000. The zero-order chi connectivity index (χ0) is 20.0. The summed E-state index contributed by atoms with van der Waals surface area (Å²) in [6, 6.07) is 6.84. The minimum absolute atomic E-state index is 0.132. The van der Waals surface area contributed by atoms with Gasteiger partial charge in [-0.15, -0.1) is 11.3 Å². The van der Waals surface area contributed by atoms with Gasteiger partial charge in [0.25, 0.3) is 17.4 Å². The zero-order valence-corrected chi connectivity index (χ0v) is 16.4. The molecule has 0 saturated carbocycles. The number of carbonyl (C=O) groups excluding carboxylic acids is 2. The van der Waals surface area contributed by atoms with Crippen LogP contribution in [0.3, 0.4) is 0 Å². The van der Waals surface area contributed by atoms with Crippen molar-refractivity contribution in [3.05, 3.63) is 56.3 Å². The van der Waals surface area contributed by atoms with Crippen LogP contribution in [0.15, 0.2) is 29.1 Å². The second kappa shape index (κ2) is 6.87. The predicted molar refractivity (Wildman–Crippen MR) is 109 cm³/mol. The van der Waals surface area contributed by atoms with Crippen LogP contribution in [0.5, 0.6) is 0 Å². The largest absolute Gasteiger partial charge is 0.365 e. The van der Waals surface area contributed by atoms with E-state index in [1.165, 1.54) is 18.4 Å². The summed E-state index contributed by atoms with van der Waals surface area (Å²) in [7, 11) is 1.51. The molecule has 28 heavy (non-hydrogen) atoms. The summed E-state index contributed by atoms with van der Waals surface area (Å²) in [6.07, 6.45) is 2.64. The highest BCUT2D eigenvalue weighted by Crippen LogP contribution is 2.39. The summed E-state index contributed by atoms with van der Waals surface area (Å²) in [5.41, 5.74) is 6.83. The standard InChI is InChI=1S/C20H20N4O3S/c1-10-7-8-13-14(9-10)28-19(15(13)17(21)25)22-18(26)16-11-5-3-4-6-12(11)20(27)24(2)23-16/h3-6,10H,7-9H2,1-2H3,(H2,21,25)(H,22,26)/t10-/m1/s1. The number of rotatable bonds is 3. The maximum atomic E-state index is 13.0. The highest BCUT2D eigenvalue weighted by Gasteiger charge is 2.28. The number of anilines is 1. The number of nitrogens with two attached hydrogens (primary N) is 1. The summed E-state index contributed by atoms with van der Waals surface area (Å²) < 4.78 is 1.15. The fraction of sp³-hybridized carbons (Fsp3) is 0.300. The second-order valence-electron chi connectivity index (χ2n) is 7.20. The Hall–Kier alpha value is -3.00. The summed E-state index contributed by atoms with van der Waals surface area (Å²) >= 11 is 1.40. The number of nitrogens with one attached hydrogen (secondary N) is 1. The van der Waals surface area contributed by atoms with E-state index in [0.29, 0.717) is 27.3 Å². The number of thiophene rings is 1. The van der Waals surface area contributed by atoms with Gasteiger partial charge in [0.2, 0.25) is 0 Å². The lowest BCUT2D eigenvalue weighted by Crippen LogP contribution is -2.26. The predicted octanol–water partition coefficient (Wildman–Crippen LogP) is 2.47. The fourth-order valence-electron chi connectivity index (χ4n) is 3.73. The molecule has 2 heterocycles. The minimum Gasteiger partial charge on any atom is -0.365 e. The molecule has 1 aromatic carbocycles. The van der Waals surface area contributed by atoms with Gasteiger partial charge < -0.3 is 11.1 Å². The number of aromatic nitrogens is 2. The first-order valence-electron chi connectivity index (χ1n) is 9.08. The van der Waals surface area contributed by atoms with Gasteiger partial charge >= 0.3 is 0 Å². The van der Waals surface area contributed by atoms with E-state index >= 15 is 0 Å². The van der Waals surface area contributed by atoms with Crippen LogP contribution in [0.25, 0.3) is 10.8 Å². The van der Waals surface area contributed by atoms with Crippen LogP contribution in [0.4, 0.5) is 5.00 Å². The number of benzene rings is 1. The fourth-order valence-corrected chi connectivity index (χ4v) is 5.14. The van der Waals surface area contributed by atoms with E-state index < -0.39 is 11.8 Å². The van der Waals surface area contributed by atoms with E-state index in [-0.39, 0.29) is 11.3 Å². The second-order valence-corrected chi connectivity index (χ2v) is 8.30. The smallest absolute Gasteiger partial charge is 0.277 e. The average molecular weight is 396 g/mol. The Morgan fingerprint density at radius 2 is 2.00 bits per heavy atom. The molecule has 3 aromatic rings. The molecular formula is C20H20N4O3S. The van der Waals surface area contributed by atoms with E-state index in [1.807, 2.05) is 0 Å². The van der Waals surface area contributed by atoms with Crippen molar-refractivity contribution in [2.24, 2.45) is 18.7 Å². The highest BCUT2D eigenvalue weighted by molar-refractivity contribution is 7.17. The van der Waals surface area contributed by atoms with E-state index in [4.69, 9.17) is 5.73 Å². The topological polar surface area (TPSA) is 107 Å². The number of primary amides is 1. The van der Waals surface area contributed by atoms with Crippen molar-refractivity contribution in [3.8, 4) is 0 Å². The maximum Gasteiger partial charge on any atom is 0.277 e. The van der Waals surface area contributed by atoms with Crippen LogP contribution in [0.2, 0.25) is 0 Å². The van der Waals surface area contributed by atoms with Crippen molar-refractivity contribution in [1.82, 2.24) is 9.78 Å². The van der Waals surface area contributed by atoms with Gasteiger partial charge in [-0.25, -0.2) is 4.68 Å². The number of fused-ring (bicyclic) bond motifs is 2. The van der Waals surface area contributed by atoms with Crippen molar-refractivity contribution in [2.75, 3.05) is 5.32 Å². The SMILES string of the molecule is C[C@@H]1CCc2c(sc(NC(=O)c3nn(C)c(=O)c4ccccc34)c2C(N)=O)C1. The van der Waals surface area contributed by atoms with Crippen LogP contribution >= 0.6 is 11.3 Å². The number of aryl methyl sites for hydroxylation is 1. The molecule has 1 aliphatic rings. The molecule has 0 spiro atoms. The zero-order valence-electron chi connectivity index (χ0n) is 15.6. The highest BCUT2D eigenvalue weighted by atomic mass is 32.1. The molecule has 0 radical (unpaired) electrons. The van der Waals surface area contributed by atoms with Gasteiger partial charge in [0.05, 0.1) is 10.9 Å². The molecule has 1 aliphatic carbocycles. The third kappa shape index (κ3) is 2.99. The van der Waals surface area contributed by atoms with Gasteiger partial charge in [0, 0.05) is 17.3 Å². The molecule has 2 amide bonds. The van der Waals surface area contributed by atoms with Crippen LogP contribution in [0, 0.1) is 5.92 Å². The first kappa shape index (κ1) is 18.4. The quantitative estimate of drug-likeness (QED) is 0.709. The van der Waals surface area contributed by atoms with E-state index in [2.05, 4.69) is 17.3 Å². The molecule has 8 heteroatoms. The third-order valence-electron chi connectivity index (χ3n) is 5.16. The molecular weight excluding hydrogens is 376 g/mol. The van der Waals surface area contributed by atoms with Crippen LogP contribution in [0.1, 0.15) is 44.6 Å². The molecule has 0 fully saturated rings. The van der Waals surface area contributed by atoms with Gasteiger partial charge in [-0.3, -0.25) is 14.4 Å².